The van der Waals surface area contributed by atoms with Crippen molar-refractivity contribution in [1.29, 1.82) is 5.26 Å². The fourth-order valence-electron chi connectivity index (χ4n) is 3.10. The highest BCUT2D eigenvalue weighted by atomic mass is 16.2. The topological polar surface area (TPSA) is 91.9 Å². The van der Waals surface area contributed by atoms with Crippen molar-refractivity contribution in [2.75, 3.05) is 13.1 Å². The Balaban J connectivity index is 1.98. The van der Waals surface area contributed by atoms with Crippen LogP contribution in [-0.4, -0.2) is 38.4 Å². The molecule has 0 saturated carbocycles. The molecule has 0 atom stereocenters. The monoisotopic (exact) mass is 339 g/mol. The van der Waals surface area contributed by atoms with Gasteiger partial charge in [-0.2, -0.15) is 5.26 Å². The van der Waals surface area contributed by atoms with Crippen LogP contribution in [0.2, 0.25) is 0 Å². The van der Waals surface area contributed by atoms with Crippen molar-refractivity contribution in [1.82, 2.24) is 19.4 Å². The number of aromatic nitrogens is 3. The Morgan fingerprint density at radius 2 is 2.16 bits per heavy atom. The number of piperidine rings is 1. The van der Waals surface area contributed by atoms with E-state index in [9.17, 15) is 9.59 Å². The number of fused-ring (bicyclic) bond motifs is 1. The fraction of sp³-hybridized carbons (Fsp3) is 0.500. The molecule has 0 aliphatic carbocycles. The van der Waals surface area contributed by atoms with Crippen LogP contribution in [0.15, 0.2) is 23.1 Å². The first kappa shape index (κ1) is 17.1. The zero-order valence-corrected chi connectivity index (χ0v) is 14.3. The Labute approximate surface area is 145 Å². The molecule has 130 valence electrons. The van der Waals surface area contributed by atoms with E-state index in [1.807, 2.05) is 6.92 Å². The molecule has 1 fully saturated rings. The van der Waals surface area contributed by atoms with Gasteiger partial charge < -0.3 is 4.90 Å². The molecule has 7 heteroatoms. The Morgan fingerprint density at radius 3 is 2.84 bits per heavy atom. The van der Waals surface area contributed by atoms with Gasteiger partial charge in [-0.05, 0) is 31.4 Å². The molecule has 0 unspecified atom stereocenters. The number of carbonyl (C=O) groups excluding carboxylic acids is 1. The highest BCUT2D eigenvalue weighted by molar-refractivity contribution is 5.93. The molecule has 3 heterocycles. The summed E-state index contributed by atoms with van der Waals surface area (Å²) in [6.07, 6.45) is 4.67. The third-order valence-corrected chi connectivity index (χ3v) is 4.60. The zero-order chi connectivity index (χ0) is 17.8. The highest BCUT2D eigenvalue weighted by Gasteiger charge is 2.27. The average Bonchev–Trinajstić information content (AvgIpc) is 2.66. The lowest BCUT2D eigenvalue weighted by molar-refractivity contribution is 0.0699. The number of hydrogen-bond donors (Lipinski definition) is 0. The van der Waals surface area contributed by atoms with Crippen LogP contribution in [0.5, 0.6) is 0 Å². The van der Waals surface area contributed by atoms with E-state index in [0.717, 1.165) is 12.8 Å². The summed E-state index contributed by atoms with van der Waals surface area (Å²) in [5.41, 5.74) is 0.633. The van der Waals surface area contributed by atoms with Crippen molar-refractivity contribution < 1.29 is 4.79 Å². The summed E-state index contributed by atoms with van der Waals surface area (Å²) in [6.45, 7) is 3.53. The van der Waals surface area contributed by atoms with Crippen LogP contribution in [0.3, 0.4) is 0 Å². The first-order chi connectivity index (χ1) is 12.2. The van der Waals surface area contributed by atoms with Gasteiger partial charge >= 0.3 is 0 Å². The van der Waals surface area contributed by atoms with Crippen molar-refractivity contribution in [3.8, 4) is 6.07 Å². The third kappa shape index (κ3) is 3.38. The summed E-state index contributed by atoms with van der Waals surface area (Å²) in [5, 5.41) is 8.99. The van der Waals surface area contributed by atoms with Crippen molar-refractivity contribution in [3.05, 3.63) is 34.4 Å². The second kappa shape index (κ2) is 7.43. The van der Waals surface area contributed by atoms with E-state index in [1.54, 1.807) is 27.8 Å². The van der Waals surface area contributed by atoms with Gasteiger partial charge in [-0.3, -0.25) is 14.2 Å². The van der Waals surface area contributed by atoms with Gasteiger partial charge in [-0.15, -0.1) is 0 Å². The number of nitriles is 1. The lowest BCUT2D eigenvalue weighted by Gasteiger charge is -2.28. The van der Waals surface area contributed by atoms with E-state index in [4.69, 9.17) is 5.26 Å². The Hall–Kier alpha value is -2.75. The van der Waals surface area contributed by atoms with Gasteiger partial charge in [-0.25, -0.2) is 9.97 Å². The highest BCUT2D eigenvalue weighted by Crippen LogP contribution is 2.18. The zero-order valence-electron chi connectivity index (χ0n) is 14.3. The Kier molecular flexibility index (Phi) is 5.08. The molecule has 0 bridgehead atoms. The van der Waals surface area contributed by atoms with Crippen molar-refractivity contribution >= 4 is 17.1 Å². The van der Waals surface area contributed by atoms with E-state index in [2.05, 4.69) is 16.0 Å². The minimum Gasteiger partial charge on any atom is -0.337 e. The predicted octanol–water partition coefficient (Wildman–Crippen LogP) is 1.97. The smallest absolute Gasteiger partial charge is 0.283 e. The molecule has 0 radical (unpaired) electrons. The maximum Gasteiger partial charge on any atom is 0.283 e. The van der Waals surface area contributed by atoms with Crippen LogP contribution < -0.4 is 5.56 Å². The van der Waals surface area contributed by atoms with E-state index >= 15 is 0 Å². The summed E-state index contributed by atoms with van der Waals surface area (Å²) in [7, 11) is 0. The van der Waals surface area contributed by atoms with Gasteiger partial charge in [0, 0.05) is 31.7 Å². The van der Waals surface area contributed by atoms with Crippen LogP contribution >= 0.6 is 0 Å². The van der Waals surface area contributed by atoms with Crippen LogP contribution in [0, 0.1) is 17.2 Å². The van der Waals surface area contributed by atoms with Crippen molar-refractivity contribution in [2.45, 2.75) is 39.2 Å². The summed E-state index contributed by atoms with van der Waals surface area (Å²) < 4.78 is 1.56. The molecule has 0 aromatic carbocycles. The molecule has 1 aliphatic heterocycles. The van der Waals surface area contributed by atoms with E-state index in [1.165, 1.54) is 0 Å². The van der Waals surface area contributed by atoms with Crippen LogP contribution in [0.1, 0.15) is 43.1 Å². The lowest BCUT2D eigenvalue weighted by atomic mass is 9.98. The van der Waals surface area contributed by atoms with Gasteiger partial charge in [0.2, 0.25) is 0 Å². The van der Waals surface area contributed by atoms with Crippen molar-refractivity contribution in [2.24, 2.45) is 5.92 Å². The van der Waals surface area contributed by atoms with E-state index < -0.39 is 0 Å². The summed E-state index contributed by atoms with van der Waals surface area (Å²) in [6, 6.07) is 5.76. The largest absolute Gasteiger partial charge is 0.337 e. The molecule has 7 nitrogen and oxygen atoms in total. The number of unbranched alkanes of at least 4 members (excludes halogenated alkanes) is 1. The molecular formula is C18H21N5O2. The first-order valence-electron chi connectivity index (χ1n) is 8.70. The second-order valence-electron chi connectivity index (χ2n) is 6.31. The molecule has 1 saturated heterocycles. The van der Waals surface area contributed by atoms with Crippen molar-refractivity contribution in [3.63, 3.8) is 0 Å². The predicted molar refractivity (Wildman–Crippen MR) is 92.9 cm³/mol. The number of hydrogen-bond acceptors (Lipinski definition) is 5. The standard InChI is InChI=1S/C18H21N5O2/c1-2-3-9-23-16-14(5-4-8-20-16)21-15(18(23)25)17(24)22-10-6-13(12-19)7-11-22/h4-5,8,13H,2-3,6-7,9-11H2,1H3. The van der Waals surface area contributed by atoms with Gasteiger partial charge in [-0.1, -0.05) is 13.3 Å². The number of pyridine rings is 1. The minimum atomic E-state index is -0.382. The molecule has 0 spiro atoms. The summed E-state index contributed by atoms with van der Waals surface area (Å²) in [4.78, 5) is 35.9. The van der Waals surface area contributed by atoms with E-state index in [-0.39, 0.29) is 23.1 Å². The summed E-state index contributed by atoms with van der Waals surface area (Å²) >= 11 is 0. The molecule has 2 aromatic heterocycles. The van der Waals surface area contributed by atoms with Gasteiger partial charge in [0.15, 0.2) is 11.3 Å². The Bertz CT molecular complexity index is 875. The number of nitrogens with zero attached hydrogens (tertiary/aromatic N) is 5. The van der Waals surface area contributed by atoms with Crippen LogP contribution in [-0.2, 0) is 6.54 Å². The Morgan fingerprint density at radius 1 is 1.40 bits per heavy atom. The van der Waals surface area contributed by atoms with Crippen LogP contribution in [0.4, 0.5) is 0 Å². The quantitative estimate of drug-likeness (QED) is 0.849. The van der Waals surface area contributed by atoms with Gasteiger partial charge in [0.25, 0.3) is 11.5 Å². The maximum atomic E-state index is 12.9. The molecule has 1 aliphatic rings. The molecule has 0 N–H and O–H groups in total. The van der Waals surface area contributed by atoms with Gasteiger partial charge in [0.05, 0.1) is 6.07 Å². The molecule has 25 heavy (non-hydrogen) atoms. The molecule has 2 aromatic rings. The van der Waals surface area contributed by atoms with Crippen LogP contribution in [0.25, 0.3) is 11.2 Å². The third-order valence-electron chi connectivity index (χ3n) is 4.60. The first-order valence-corrected chi connectivity index (χ1v) is 8.70. The molecule has 1 amide bonds. The number of rotatable bonds is 4. The number of likely N-dealkylation sites (tertiary alicyclic amines) is 1. The minimum absolute atomic E-state index is 0.0148. The molecular weight excluding hydrogens is 318 g/mol. The van der Waals surface area contributed by atoms with E-state index in [0.29, 0.717) is 43.6 Å². The normalized spacial score (nSPS) is 15.3. The fourth-order valence-corrected chi connectivity index (χ4v) is 3.10. The number of amides is 1. The lowest BCUT2D eigenvalue weighted by Crippen LogP contribution is -2.42. The van der Waals surface area contributed by atoms with Gasteiger partial charge in [0.1, 0.15) is 5.52 Å². The molecule has 3 rings (SSSR count). The maximum absolute atomic E-state index is 12.9. The summed E-state index contributed by atoms with van der Waals surface area (Å²) in [5.74, 6) is -0.364. The second-order valence-corrected chi connectivity index (χ2v) is 6.31. The number of carbonyl (C=O) groups is 1. The number of aryl methyl sites for hydroxylation is 1. The average molecular weight is 339 g/mol. The SMILES string of the molecule is CCCCn1c(=O)c(C(=O)N2CCC(C#N)CC2)nc2cccnc21.